The summed E-state index contributed by atoms with van der Waals surface area (Å²) in [6.07, 6.45) is 1.27. The van der Waals surface area contributed by atoms with E-state index in [1.807, 2.05) is 0 Å². The number of methoxy groups -OCH3 is 1. The summed E-state index contributed by atoms with van der Waals surface area (Å²) >= 11 is 3.34. The van der Waals surface area contributed by atoms with E-state index in [1.54, 1.807) is 25.3 Å². The third-order valence-electron chi connectivity index (χ3n) is 2.82. The van der Waals surface area contributed by atoms with Crippen molar-refractivity contribution in [2.24, 2.45) is 5.41 Å². The first-order valence-corrected chi connectivity index (χ1v) is 5.97. The van der Waals surface area contributed by atoms with Gasteiger partial charge in [0, 0.05) is 10.5 Å². The third kappa shape index (κ3) is 2.27. The van der Waals surface area contributed by atoms with Crippen molar-refractivity contribution in [2.75, 3.05) is 12.4 Å². The molecule has 1 aromatic rings. The minimum Gasteiger partial charge on any atom is -0.497 e. The summed E-state index contributed by atoms with van der Waals surface area (Å²) in [5, 5.41) is 11.7. The number of benzene rings is 1. The maximum atomic E-state index is 11.9. The number of amides is 1. The van der Waals surface area contributed by atoms with Crippen molar-refractivity contribution < 1.29 is 9.53 Å². The standard InChI is InChI=1S/C12H11BrN2O2/c1-17-8-2-3-9(13)10(6-8)15-11(16)12(7-14)4-5-12/h2-3,6H,4-5H2,1H3,(H,15,16). The zero-order valence-corrected chi connectivity index (χ0v) is 10.9. The predicted octanol–water partition coefficient (Wildman–Crippen LogP) is 2.70. The molecule has 1 saturated carbocycles. The molecule has 0 aliphatic heterocycles. The molecule has 1 aliphatic carbocycles. The van der Waals surface area contributed by atoms with Crippen LogP contribution in [0.3, 0.4) is 0 Å². The van der Waals surface area contributed by atoms with Crippen LogP contribution < -0.4 is 10.1 Å². The molecule has 17 heavy (non-hydrogen) atoms. The van der Waals surface area contributed by atoms with Gasteiger partial charge in [-0.15, -0.1) is 0 Å². The second-order valence-corrected chi connectivity index (χ2v) is 4.85. The van der Waals surface area contributed by atoms with Crippen LogP contribution >= 0.6 is 15.9 Å². The lowest BCUT2D eigenvalue weighted by Crippen LogP contribution is -2.22. The molecule has 5 heteroatoms. The van der Waals surface area contributed by atoms with Gasteiger partial charge in [0.05, 0.1) is 18.9 Å². The van der Waals surface area contributed by atoms with Crippen molar-refractivity contribution in [1.82, 2.24) is 0 Å². The lowest BCUT2D eigenvalue weighted by atomic mass is 10.1. The molecule has 2 rings (SSSR count). The molecule has 88 valence electrons. The Morgan fingerprint density at radius 2 is 2.29 bits per heavy atom. The Morgan fingerprint density at radius 1 is 1.59 bits per heavy atom. The Bertz CT molecular complexity index is 504. The van der Waals surface area contributed by atoms with Crippen LogP contribution in [0.5, 0.6) is 5.75 Å². The fourth-order valence-electron chi connectivity index (χ4n) is 1.48. The third-order valence-corrected chi connectivity index (χ3v) is 3.51. The van der Waals surface area contributed by atoms with E-state index in [0.29, 0.717) is 24.3 Å². The van der Waals surface area contributed by atoms with Crippen LogP contribution in [0.25, 0.3) is 0 Å². The van der Waals surface area contributed by atoms with Crippen LogP contribution in [-0.2, 0) is 4.79 Å². The fraction of sp³-hybridized carbons (Fsp3) is 0.333. The van der Waals surface area contributed by atoms with Crippen LogP contribution in [0.4, 0.5) is 5.69 Å². The van der Waals surface area contributed by atoms with E-state index in [0.717, 1.165) is 4.47 Å². The number of carbonyl (C=O) groups is 1. The molecule has 1 fully saturated rings. The number of carbonyl (C=O) groups excluding carboxylic acids is 1. The van der Waals surface area contributed by atoms with Gasteiger partial charge in [0.15, 0.2) is 0 Å². The van der Waals surface area contributed by atoms with E-state index >= 15 is 0 Å². The number of nitriles is 1. The van der Waals surface area contributed by atoms with Crippen molar-refractivity contribution in [2.45, 2.75) is 12.8 Å². The quantitative estimate of drug-likeness (QED) is 0.932. The van der Waals surface area contributed by atoms with Gasteiger partial charge in [-0.3, -0.25) is 4.79 Å². The zero-order valence-electron chi connectivity index (χ0n) is 9.29. The van der Waals surface area contributed by atoms with Crippen molar-refractivity contribution >= 4 is 27.5 Å². The molecule has 0 radical (unpaired) electrons. The molecule has 1 aromatic carbocycles. The van der Waals surface area contributed by atoms with Gasteiger partial charge < -0.3 is 10.1 Å². The average molecular weight is 295 g/mol. The first-order valence-electron chi connectivity index (χ1n) is 5.17. The van der Waals surface area contributed by atoms with Gasteiger partial charge in [0.25, 0.3) is 0 Å². The summed E-state index contributed by atoms with van der Waals surface area (Å²) in [7, 11) is 1.56. The number of nitrogens with one attached hydrogen (secondary N) is 1. The highest BCUT2D eigenvalue weighted by Crippen LogP contribution is 2.46. The molecular weight excluding hydrogens is 284 g/mol. The lowest BCUT2D eigenvalue weighted by molar-refractivity contribution is -0.119. The number of hydrogen-bond acceptors (Lipinski definition) is 3. The number of halogens is 1. The summed E-state index contributed by atoms with van der Waals surface area (Å²) in [6, 6.07) is 7.36. The van der Waals surface area contributed by atoms with E-state index in [9.17, 15) is 4.79 Å². The summed E-state index contributed by atoms with van der Waals surface area (Å²) in [4.78, 5) is 11.9. The Kier molecular flexibility index (Phi) is 3.07. The Balaban J connectivity index is 2.19. The van der Waals surface area contributed by atoms with Gasteiger partial charge in [-0.1, -0.05) is 0 Å². The molecule has 0 spiro atoms. The van der Waals surface area contributed by atoms with E-state index in [4.69, 9.17) is 10.00 Å². The molecule has 0 unspecified atom stereocenters. The van der Waals surface area contributed by atoms with E-state index < -0.39 is 5.41 Å². The molecule has 1 aliphatic rings. The van der Waals surface area contributed by atoms with Crippen LogP contribution in [0.15, 0.2) is 22.7 Å². The molecule has 0 atom stereocenters. The molecule has 0 heterocycles. The van der Waals surface area contributed by atoms with Crippen LogP contribution in [-0.4, -0.2) is 13.0 Å². The Hall–Kier alpha value is -1.54. The lowest BCUT2D eigenvalue weighted by Gasteiger charge is -2.11. The minimum absolute atomic E-state index is 0.242. The van der Waals surface area contributed by atoms with Crippen LogP contribution in [0, 0.1) is 16.7 Å². The fourth-order valence-corrected chi connectivity index (χ4v) is 1.83. The van der Waals surface area contributed by atoms with Crippen molar-refractivity contribution in [3.63, 3.8) is 0 Å². The average Bonchev–Trinajstić information content (AvgIpc) is 3.13. The Morgan fingerprint density at radius 3 is 2.82 bits per heavy atom. The molecular formula is C12H11BrN2O2. The molecule has 1 N–H and O–H groups in total. The molecule has 0 bridgehead atoms. The normalized spacial score (nSPS) is 15.8. The van der Waals surface area contributed by atoms with Crippen molar-refractivity contribution in [1.29, 1.82) is 5.26 Å². The topological polar surface area (TPSA) is 62.1 Å². The van der Waals surface area contributed by atoms with Crippen LogP contribution in [0.1, 0.15) is 12.8 Å². The summed E-state index contributed by atoms with van der Waals surface area (Å²) in [5.41, 5.74) is -0.196. The van der Waals surface area contributed by atoms with Crippen LogP contribution in [0.2, 0.25) is 0 Å². The second-order valence-electron chi connectivity index (χ2n) is 3.99. The van der Waals surface area contributed by atoms with E-state index in [-0.39, 0.29) is 5.91 Å². The summed E-state index contributed by atoms with van der Waals surface area (Å²) < 4.78 is 5.85. The molecule has 4 nitrogen and oxygen atoms in total. The molecule has 0 saturated heterocycles. The summed E-state index contributed by atoms with van der Waals surface area (Å²) in [5.74, 6) is 0.416. The summed E-state index contributed by atoms with van der Waals surface area (Å²) in [6.45, 7) is 0. The highest BCUT2D eigenvalue weighted by atomic mass is 79.9. The number of anilines is 1. The first kappa shape index (κ1) is 11.9. The number of hydrogen-bond donors (Lipinski definition) is 1. The molecule has 0 aromatic heterocycles. The zero-order chi connectivity index (χ0) is 12.5. The number of nitrogens with zero attached hydrogens (tertiary/aromatic N) is 1. The maximum Gasteiger partial charge on any atom is 0.244 e. The van der Waals surface area contributed by atoms with Gasteiger partial charge >= 0.3 is 0 Å². The Labute approximate surface area is 108 Å². The SMILES string of the molecule is COc1ccc(Br)c(NC(=O)C2(C#N)CC2)c1. The van der Waals surface area contributed by atoms with Crippen molar-refractivity contribution in [3.05, 3.63) is 22.7 Å². The highest BCUT2D eigenvalue weighted by molar-refractivity contribution is 9.10. The van der Waals surface area contributed by atoms with Gasteiger partial charge in [0.2, 0.25) is 5.91 Å². The molecule has 1 amide bonds. The number of rotatable bonds is 3. The number of ether oxygens (including phenoxy) is 1. The van der Waals surface area contributed by atoms with E-state index in [1.165, 1.54) is 0 Å². The monoisotopic (exact) mass is 294 g/mol. The largest absolute Gasteiger partial charge is 0.497 e. The van der Waals surface area contributed by atoms with E-state index in [2.05, 4.69) is 27.3 Å². The maximum absolute atomic E-state index is 11.9. The van der Waals surface area contributed by atoms with Crippen molar-refractivity contribution in [3.8, 4) is 11.8 Å². The minimum atomic E-state index is -0.817. The predicted molar refractivity (Wildman–Crippen MR) is 66.6 cm³/mol. The van der Waals surface area contributed by atoms with Gasteiger partial charge in [0.1, 0.15) is 11.2 Å². The second kappa shape index (κ2) is 4.38. The van der Waals surface area contributed by atoms with Gasteiger partial charge in [-0.2, -0.15) is 5.26 Å². The highest BCUT2D eigenvalue weighted by Gasteiger charge is 2.50. The van der Waals surface area contributed by atoms with Gasteiger partial charge in [-0.05, 0) is 40.9 Å². The van der Waals surface area contributed by atoms with Gasteiger partial charge in [-0.25, -0.2) is 0 Å². The first-order chi connectivity index (χ1) is 8.11. The smallest absolute Gasteiger partial charge is 0.244 e.